The van der Waals surface area contributed by atoms with Crippen molar-refractivity contribution in [2.45, 2.75) is 4.90 Å². The number of carbonyl (C=O) groups is 1. The lowest BCUT2D eigenvalue weighted by molar-refractivity contribution is 0.102. The third kappa shape index (κ3) is 4.64. The summed E-state index contributed by atoms with van der Waals surface area (Å²) in [4.78, 5) is 12.2. The number of anilines is 2. The van der Waals surface area contributed by atoms with Crippen LogP contribution in [-0.4, -0.2) is 14.3 Å². The zero-order chi connectivity index (χ0) is 19.4. The number of amides is 1. The van der Waals surface area contributed by atoms with Crippen LogP contribution in [0.5, 0.6) is 0 Å². The molecule has 8 heteroatoms. The maximum atomic E-state index is 13.6. The van der Waals surface area contributed by atoms with Crippen molar-refractivity contribution in [2.75, 3.05) is 10.0 Å². The second-order valence-electron chi connectivity index (χ2n) is 5.57. The highest BCUT2D eigenvalue weighted by Gasteiger charge is 2.16. The Hall–Kier alpha value is -2.90. The van der Waals surface area contributed by atoms with Crippen LogP contribution in [0.15, 0.2) is 77.7 Å². The van der Waals surface area contributed by atoms with E-state index in [1.165, 1.54) is 54.6 Å². The molecule has 0 aromatic heterocycles. The molecule has 2 N–H and O–H groups in total. The second-order valence-corrected chi connectivity index (χ2v) is 7.69. The van der Waals surface area contributed by atoms with Gasteiger partial charge in [0.15, 0.2) is 0 Å². The number of carbonyl (C=O) groups excluding carboxylic acids is 1. The normalized spacial score (nSPS) is 11.0. The lowest BCUT2D eigenvalue weighted by Gasteiger charge is -2.09. The van der Waals surface area contributed by atoms with Crippen molar-refractivity contribution in [3.63, 3.8) is 0 Å². The Balaban J connectivity index is 1.75. The van der Waals surface area contributed by atoms with E-state index < -0.39 is 21.7 Å². The number of hydrogen-bond donors (Lipinski definition) is 2. The topological polar surface area (TPSA) is 75.3 Å². The van der Waals surface area contributed by atoms with E-state index >= 15 is 0 Å². The minimum Gasteiger partial charge on any atom is -0.319 e. The number of benzene rings is 3. The van der Waals surface area contributed by atoms with Crippen LogP contribution in [0.25, 0.3) is 0 Å². The fraction of sp³-hybridized carbons (Fsp3) is 0. The summed E-state index contributed by atoms with van der Waals surface area (Å²) in [6, 6.07) is 17.3. The van der Waals surface area contributed by atoms with E-state index in [0.29, 0.717) is 10.7 Å². The molecule has 0 fully saturated rings. The Labute approximate surface area is 160 Å². The molecule has 0 unspecified atom stereocenters. The molecule has 5 nitrogen and oxygen atoms in total. The van der Waals surface area contributed by atoms with Crippen molar-refractivity contribution in [1.29, 1.82) is 0 Å². The van der Waals surface area contributed by atoms with Crippen molar-refractivity contribution < 1.29 is 17.6 Å². The van der Waals surface area contributed by atoms with Crippen LogP contribution in [0.1, 0.15) is 10.4 Å². The molecule has 138 valence electrons. The molecule has 27 heavy (non-hydrogen) atoms. The van der Waals surface area contributed by atoms with Crippen molar-refractivity contribution in [1.82, 2.24) is 0 Å². The van der Waals surface area contributed by atoms with Gasteiger partial charge in [0.2, 0.25) is 0 Å². The number of rotatable bonds is 5. The van der Waals surface area contributed by atoms with Crippen LogP contribution in [0.3, 0.4) is 0 Å². The van der Waals surface area contributed by atoms with Crippen molar-refractivity contribution in [3.05, 3.63) is 89.2 Å². The largest absolute Gasteiger partial charge is 0.319 e. The third-order valence-electron chi connectivity index (χ3n) is 3.65. The maximum Gasteiger partial charge on any atom is 0.261 e. The highest BCUT2D eigenvalue weighted by molar-refractivity contribution is 7.92. The van der Waals surface area contributed by atoms with Gasteiger partial charge in [0, 0.05) is 16.3 Å². The molecule has 0 aliphatic carbocycles. The lowest BCUT2D eigenvalue weighted by atomic mass is 10.2. The van der Waals surface area contributed by atoms with Gasteiger partial charge in [-0.2, -0.15) is 0 Å². The van der Waals surface area contributed by atoms with Gasteiger partial charge < -0.3 is 5.32 Å². The Morgan fingerprint density at radius 3 is 2.15 bits per heavy atom. The number of halogens is 2. The molecule has 3 aromatic carbocycles. The zero-order valence-electron chi connectivity index (χ0n) is 13.8. The third-order valence-corrected chi connectivity index (χ3v) is 5.29. The Bertz CT molecular complexity index is 1070. The van der Waals surface area contributed by atoms with Crippen molar-refractivity contribution in [2.24, 2.45) is 0 Å². The molecule has 3 aromatic rings. The monoisotopic (exact) mass is 404 g/mol. The summed E-state index contributed by atoms with van der Waals surface area (Å²) in [5.74, 6) is -1.10. The van der Waals surface area contributed by atoms with E-state index in [4.69, 9.17) is 11.6 Å². The van der Waals surface area contributed by atoms with Gasteiger partial charge in [0.25, 0.3) is 15.9 Å². The van der Waals surface area contributed by atoms with Crippen molar-refractivity contribution >= 4 is 38.9 Å². The highest BCUT2D eigenvalue weighted by Crippen LogP contribution is 2.19. The van der Waals surface area contributed by atoms with Crippen LogP contribution in [0, 0.1) is 5.82 Å². The lowest BCUT2D eigenvalue weighted by Crippen LogP contribution is -2.15. The molecule has 1 amide bonds. The predicted molar refractivity (Wildman–Crippen MR) is 103 cm³/mol. The minimum absolute atomic E-state index is 0.0140. The molecule has 0 aliphatic heterocycles. The summed E-state index contributed by atoms with van der Waals surface area (Å²) < 4.78 is 40.8. The van der Waals surface area contributed by atoms with Crippen molar-refractivity contribution in [3.8, 4) is 0 Å². The van der Waals surface area contributed by atoms with Crippen LogP contribution in [0.4, 0.5) is 15.8 Å². The molecule has 0 saturated carbocycles. The van der Waals surface area contributed by atoms with Gasteiger partial charge >= 0.3 is 0 Å². The molecule has 0 heterocycles. The molecule has 0 saturated heterocycles. The van der Waals surface area contributed by atoms with Gasteiger partial charge in [-0.15, -0.1) is 0 Å². The average Bonchev–Trinajstić information content (AvgIpc) is 2.65. The van der Waals surface area contributed by atoms with Crippen LogP contribution < -0.4 is 10.0 Å². The molecular formula is C19H14ClFN2O3S. The highest BCUT2D eigenvalue weighted by atomic mass is 35.5. The molecule has 0 aliphatic rings. The van der Waals surface area contributed by atoms with E-state index in [-0.39, 0.29) is 16.1 Å². The van der Waals surface area contributed by atoms with Gasteiger partial charge in [-0.3, -0.25) is 9.52 Å². The average molecular weight is 405 g/mol. The first-order valence-corrected chi connectivity index (χ1v) is 9.65. The zero-order valence-corrected chi connectivity index (χ0v) is 15.4. The van der Waals surface area contributed by atoms with E-state index in [9.17, 15) is 17.6 Å². The molecular weight excluding hydrogens is 391 g/mol. The first-order valence-electron chi connectivity index (χ1n) is 7.79. The summed E-state index contributed by atoms with van der Waals surface area (Å²) in [5.41, 5.74) is 0.605. The summed E-state index contributed by atoms with van der Waals surface area (Å²) in [6.07, 6.45) is 0. The second kappa shape index (κ2) is 7.77. The predicted octanol–water partition coefficient (Wildman–Crippen LogP) is 4.53. The van der Waals surface area contributed by atoms with Crippen LogP contribution in [0.2, 0.25) is 5.02 Å². The summed E-state index contributed by atoms with van der Waals surface area (Å²) >= 11 is 5.78. The summed E-state index contributed by atoms with van der Waals surface area (Å²) in [7, 11) is -3.82. The summed E-state index contributed by atoms with van der Waals surface area (Å²) in [6.45, 7) is 0. The fourth-order valence-corrected chi connectivity index (χ4v) is 3.46. The first-order chi connectivity index (χ1) is 12.8. The number of para-hydroxylation sites is 1. The number of nitrogens with one attached hydrogen (secondary N) is 2. The number of sulfonamides is 1. The maximum absolute atomic E-state index is 13.6. The quantitative estimate of drug-likeness (QED) is 0.655. The van der Waals surface area contributed by atoms with Gasteiger partial charge in [-0.05, 0) is 60.7 Å². The Kier molecular flexibility index (Phi) is 5.43. The molecule has 0 spiro atoms. The SMILES string of the molecule is O=C(Nc1ccccc1F)c1ccc(S(=O)(=O)Nc2ccc(Cl)cc2)cc1. The van der Waals surface area contributed by atoms with Crippen LogP contribution in [-0.2, 0) is 10.0 Å². The fourth-order valence-electron chi connectivity index (χ4n) is 2.27. The molecule has 0 radical (unpaired) electrons. The minimum atomic E-state index is -3.82. The Morgan fingerprint density at radius 2 is 1.52 bits per heavy atom. The summed E-state index contributed by atoms with van der Waals surface area (Å²) in [5, 5.41) is 2.93. The van der Waals surface area contributed by atoms with E-state index in [1.54, 1.807) is 18.2 Å². The molecule has 0 atom stereocenters. The van der Waals surface area contributed by atoms with Gasteiger partial charge in [0.1, 0.15) is 5.82 Å². The molecule has 0 bridgehead atoms. The van der Waals surface area contributed by atoms with Gasteiger partial charge in [0.05, 0.1) is 10.6 Å². The van der Waals surface area contributed by atoms with Gasteiger partial charge in [-0.25, -0.2) is 12.8 Å². The first kappa shape index (κ1) is 18.9. The van der Waals surface area contributed by atoms with Crippen LogP contribution >= 0.6 is 11.6 Å². The molecule has 3 rings (SSSR count). The van der Waals surface area contributed by atoms with E-state index in [1.807, 2.05) is 0 Å². The van der Waals surface area contributed by atoms with Gasteiger partial charge in [-0.1, -0.05) is 23.7 Å². The number of hydrogen-bond acceptors (Lipinski definition) is 3. The van der Waals surface area contributed by atoms with E-state index in [2.05, 4.69) is 10.0 Å². The van der Waals surface area contributed by atoms with E-state index in [0.717, 1.165) is 0 Å². The smallest absolute Gasteiger partial charge is 0.261 e. The standard InChI is InChI=1S/C19H14ClFN2O3S/c20-14-7-9-15(10-8-14)23-27(25,26)16-11-5-13(6-12-16)19(24)22-18-4-2-1-3-17(18)21/h1-12,23H,(H,22,24). The Morgan fingerprint density at radius 1 is 0.889 bits per heavy atom.